The van der Waals surface area contributed by atoms with Gasteiger partial charge in [-0.05, 0) is 0 Å². The molecule has 1 saturated carbocycles. The topological polar surface area (TPSA) is 83.8 Å². The van der Waals surface area contributed by atoms with Crippen molar-refractivity contribution in [1.29, 1.82) is 0 Å². The SMILES string of the molecule is B=C[C@@H]1CC(O)[C@H](O/C=C\CCCC(=O)O)[C@H]1/C=C/C(=O)CCc1cc(Br)c(C)s1. The molecule has 1 aliphatic rings. The van der Waals surface area contributed by atoms with E-state index in [4.69, 9.17) is 9.84 Å². The fourth-order valence-electron chi connectivity index (χ4n) is 3.53. The molecule has 162 valence electrons. The van der Waals surface area contributed by atoms with E-state index in [9.17, 15) is 14.7 Å². The predicted molar refractivity (Wildman–Crippen MR) is 126 cm³/mol. The van der Waals surface area contributed by atoms with Gasteiger partial charge in [0.05, 0.1) is 0 Å². The molecule has 2 N–H and O–H groups in total. The molecule has 1 aliphatic carbocycles. The van der Waals surface area contributed by atoms with Crippen LogP contribution in [0, 0.1) is 18.8 Å². The molecule has 5 nitrogen and oxygen atoms in total. The van der Waals surface area contributed by atoms with Crippen LogP contribution in [0.5, 0.6) is 0 Å². The number of halogens is 1. The molecule has 0 radical (unpaired) electrons. The molecule has 0 aliphatic heterocycles. The zero-order valence-electron chi connectivity index (χ0n) is 17.1. The van der Waals surface area contributed by atoms with Crippen LogP contribution in [-0.2, 0) is 20.7 Å². The van der Waals surface area contributed by atoms with Gasteiger partial charge in [-0.25, -0.2) is 0 Å². The molecule has 0 amide bonds. The molecular weight excluding hydrogens is 467 g/mol. The van der Waals surface area contributed by atoms with Gasteiger partial charge in [-0.15, -0.1) is 0 Å². The zero-order chi connectivity index (χ0) is 22.1. The Bertz CT molecular complexity index is 784. The first-order chi connectivity index (χ1) is 14.3. The number of hydrogen-bond acceptors (Lipinski definition) is 5. The summed E-state index contributed by atoms with van der Waals surface area (Å²) in [5.41, 5.74) is 0. The number of unbranched alkanes of at least 4 members (excludes halogenated alkanes) is 1. The summed E-state index contributed by atoms with van der Waals surface area (Å²) in [4.78, 5) is 25.3. The van der Waals surface area contributed by atoms with E-state index in [1.54, 1.807) is 29.5 Å². The molecule has 4 atom stereocenters. The number of thiophene rings is 1. The standard InChI is InChI=1S/C22H28BBrO5S/c1-14-19(24)12-17(30-14)8-6-16(25)7-9-18-15(13-23)11-20(26)22(18)29-10-4-2-3-5-21(27)28/h4,7,9-10,12-13,15,18,20,22-23,26H,2-3,5-6,8,11H2,1H3,(H,27,28)/b9-7+,10-4-/t15-,18-,20?,22+/m0/s1. The molecule has 30 heavy (non-hydrogen) atoms. The Morgan fingerprint density at radius 3 is 2.80 bits per heavy atom. The Hall–Kier alpha value is -1.51. The Labute approximate surface area is 191 Å². The minimum absolute atomic E-state index is 0.0327. The number of aliphatic hydroxyl groups is 1. The van der Waals surface area contributed by atoms with Crippen molar-refractivity contribution in [2.45, 2.75) is 57.7 Å². The van der Waals surface area contributed by atoms with Crippen LogP contribution in [0.4, 0.5) is 0 Å². The van der Waals surface area contributed by atoms with Crippen LogP contribution in [0.15, 0.2) is 35.0 Å². The van der Waals surface area contributed by atoms with Crippen LogP contribution in [0.2, 0.25) is 0 Å². The number of carboxylic acids is 1. The third-order valence-electron chi connectivity index (χ3n) is 5.19. The summed E-state index contributed by atoms with van der Waals surface area (Å²) in [7, 11) is 3.85. The summed E-state index contributed by atoms with van der Waals surface area (Å²) < 4.78 is 6.83. The maximum absolute atomic E-state index is 12.4. The molecule has 0 bridgehead atoms. The van der Waals surface area contributed by atoms with Gasteiger partial charge < -0.3 is 0 Å². The normalized spacial score (nSPS) is 23.9. The second-order valence-corrected chi connectivity index (χ2v) is 9.68. The van der Waals surface area contributed by atoms with Crippen molar-refractivity contribution >= 4 is 52.5 Å². The van der Waals surface area contributed by atoms with Gasteiger partial charge in [-0.2, -0.15) is 0 Å². The Kier molecular flexibility index (Phi) is 10.2. The van der Waals surface area contributed by atoms with Crippen LogP contribution in [0.3, 0.4) is 0 Å². The van der Waals surface area contributed by atoms with Gasteiger partial charge in [-0.1, -0.05) is 0 Å². The number of aliphatic carboxylic acids is 1. The van der Waals surface area contributed by atoms with Gasteiger partial charge in [-0.3, -0.25) is 0 Å². The minimum atomic E-state index is -0.818. The maximum atomic E-state index is 12.4. The number of carboxylic acid groups (broad SMARTS) is 1. The molecule has 1 unspecified atom stereocenters. The van der Waals surface area contributed by atoms with Gasteiger partial charge in [0, 0.05) is 0 Å². The number of carbonyl (C=O) groups is 2. The van der Waals surface area contributed by atoms with Crippen molar-refractivity contribution in [3.63, 3.8) is 0 Å². The van der Waals surface area contributed by atoms with Crippen molar-refractivity contribution in [1.82, 2.24) is 0 Å². The molecule has 0 aromatic carbocycles. The quantitative estimate of drug-likeness (QED) is 0.200. The predicted octanol–water partition coefficient (Wildman–Crippen LogP) is 3.73. The molecule has 1 heterocycles. The molecule has 1 fully saturated rings. The zero-order valence-corrected chi connectivity index (χ0v) is 19.5. The first-order valence-electron chi connectivity index (χ1n) is 10.1. The molecule has 2 rings (SSSR count). The fourth-order valence-corrected chi connectivity index (χ4v) is 5.13. The summed E-state index contributed by atoms with van der Waals surface area (Å²) in [5, 5.41) is 19.0. The van der Waals surface area contributed by atoms with E-state index in [-0.39, 0.29) is 24.0 Å². The van der Waals surface area contributed by atoms with Gasteiger partial charge in [0.25, 0.3) is 0 Å². The van der Waals surface area contributed by atoms with Gasteiger partial charge >= 0.3 is 191 Å². The van der Waals surface area contributed by atoms with Crippen molar-refractivity contribution in [3.8, 4) is 0 Å². The van der Waals surface area contributed by atoms with E-state index >= 15 is 0 Å². The number of aliphatic hydroxyl groups excluding tert-OH is 1. The second-order valence-electron chi connectivity index (χ2n) is 7.48. The number of aryl methyl sites for hydroxylation is 2. The summed E-state index contributed by atoms with van der Waals surface area (Å²) in [6.45, 7) is 2.04. The number of ketones is 1. The van der Waals surface area contributed by atoms with E-state index in [0.29, 0.717) is 32.1 Å². The first-order valence-corrected chi connectivity index (χ1v) is 11.7. The van der Waals surface area contributed by atoms with E-state index < -0.39 is 18.2 Å². The van der Waals surface area contributed by atoms with Crippen molar-refractivity contribution < 1.29 is 24.5 Å². The average Bonchev–Trinajstić information content (AvgIpc) is 3.19. The van der Waals surface area contributed by atoms with Crippen LogP contribution < -0.4 is 0 Å². The Morgan fingerprint density at radius 2 is 2.17 bits per heavy atom. The molecular formula is C22H28BBrO5S. The average molecular weight is 495 g/mol. The van der Waals surface area contributed by atoms with Crippen LogP contribution in [0.1, 0.15) is 41.9 Å². The molecule has 8 heteroatoms. The molecule has 1 aromatic heterocycles. The number of ether oxygens (including phenoxy) is 1. The molecule has 0 saturated heterocycles. The third kappa shape index (κ3) is 7.63. The van der Waals surface area contributed by atoms with Crippen LogP contribution >= 0.6 is 27.3 Å². The molecule has 1 aromatic rings. The van der Waals surface area contributed by atoms with Crippen molar-refractivity contribution in [3.05, 3.63) is 44.8 Å². The number of allylic oxidation sites excluding steroid dienone is 2. The number of hydrogen-bond donors (Lipinski definition) is 2. The first kappa shape index (κ1) is 24.8. The van der Waals surface area contributed by atoms with Crippen molar-refractivity contribution in [2.75, 3.05) is 0 Å². The van der Waals surface area contributed by atoms with E-state index in [1.165, 1.54) is 16.0 Å². The van der Waals surface area contributed by atoms with E-state index in [0.717, 1.165) is 4.47 Å². The third-order valence-corrected chi connectivity index (χ3v) is 7.39. The number of carbonyl (C=O) groups excluding carboxylic acids is 1. The van der Waals surface area contributed by atoms with Gasteiger partial charge in [0.1, 0.15) is 0 Å². The van der Waals surface area contributed by atoms with Crippen LogP contribution in [0.25, 0.3) is 0 Å². The van der Waals surface area contributed by atoms with Gasteiger partial charge in [0.15, 0.2) is 0 Å². The fraction of sp³-hybridized carbons (Fsp3) is 0.500. The molecule has 0 spiro atoms. The summed E-state index contributed by atoms with van der Waals surface area (Å²) in [5.74, 6) is 0.924. The Balaban J connectivity index is 1.90. The van der Waals surface area contributed by atoms with E-state index in [1.807, 2.05) is 13.0 Å². The summed E-state index contributed by atoms with van der Waals surface area (Å²) in [6, 6.07) is 2.06. The van der Waals surface area contributed by atoms with E-state index in [2.05, 4.69) is 29.5 Å². The summed E-state index contributed by atoms with van der Waals surface area (Å²) in [6.07, 6.45) is 8.56. The van der Waals surface area contributed by atoms with Gasteiger partial charge in [0.2, 0.25) is 0 Å². The summed E-state index contributed by atoms with van der Waals surface area (Å²) >= 11 is 5.19. The second kappa shape index (κ2) is 12.4. The Morgan fingerprint density at radius 1 is 1.40 bits per heavy atom. The number of rotatable bonds is 12. The van der Waals surface area contributed by atoms with Crippen molar-refractivity contribution in [2.24, 2.45) is 11.8 Å². The van der Waals surface area contributed by atoms with Crippen LogP contribution in [-0.4, -0.2) is 47.6 Å². The monoisotopic (exact) mass is 494 g/mol.